The number of ether oxygens (including phenoxy) is 2. The van der Waals surface area contributed by atoms with Crippen LogP contribution in [0.2, 0.25) is 0 Å². The molecule has 218 valence electrons. The first-order chi connectivity index (χ1) is 18.8. The Morgan fingerprint density at radius 2 is 1.93 bits per heavy atom. The third kappa shape index (κ3) is 5.95. The number of hydrogen-bond donors (Lipinski definition) is 2. The lowest BCUT2D eigenvalue weighted by Crippen LogP contribution is -2.58. The minimum atomic E-state index is -0.932. The number of rotatable bonds is 9. The number of esters is 1. The molecule has 3 aliphatic rings. The predicted octanol–water partition coefficient (Wildman–Crippen LogP) is 5.19. The molecular formula is C32H45BO7. The van der Waals surface area contributed by atoms with Crippen LogP contribution in [-0.2, 0) is 19.0 Å². The first kappa shape index (κ1) is 30.5. The Morgan fingerprint density at radius 3 is 2.52 bits per heavy atom. The molecule has 2 saturated carbocycles. The molecule has 2 fully saturated rings. The van der Waals surface area contributed by atoms with Gasteiger partial charge in [0.2, 0.25) is 0 Å². The maximum absolute atomic E-state index is 13.2. The average Bonchev–Trinajstić information content (AvgIpc) is 3.36. The van der Waals surface area contributed by atoms with E-state index in [4.69, 9.17) is 14.1 Å². The molecule has 0 unspecified atom stereocenters. The van der Waals surface area contributed by atoms with E-state index in [-0.39, 0.29) is 29.1 Å². The number of hydrogen-bond acceptors (Lipinski definition) is 7. The van der Waals surface area contributed by atoms with Crippen molar-refractivity contribution in [3.8, 4) is 5.75 Å². The summed E-state index contributed by atoms with van der Waals surface area (Å²) in [5.41, 5.74) is 0.324. The standard InChI is InChI=1S/C32H45BO7/c1-7-30(5)18-27(31(6)20-32(15-12-21(31)2,16-13-22(3)34)23(4)29(30)36)40-28(35)19-38-25-10-8-24(9-11-25)26-14-17-39-33(26)37/h7-11,14,21,23,27,29,36-37H,1,12-13,15-20H2,2-6H3/t21-,23+,27-,29+,30-,31+,32-/m1/s1. The molecule has 4 rings (SSSR count). The topological polar surface area (TPSA) is 102 Å². The van der Waals surface area contributed by atoms with Crippen molar-refractivity contribution >= 4 is 24.3 Å². The number of carbonyl (C=O) groups excluding carboxylic acids is 2. The number of Topliss-reactive ketones (excluding diaryl/α,β-unsaturated/α-hetero) is 1. The van der Waals surface area contributed by atoms with Crippen LogP contribution in [0.15, 0.2) is 43.0 Å². The Hall–Kier alpha value is -2.42. The number of carbonyl (C=O) groups is 2. The highest BCUT2D eigenvalue weighted by Crippen LogP contribution is 2.62. The van der Waals surface area contributed by atoms with Crippen molar-refractivity contribution in [3.63, 3.8) is 0 Å². The van der Waals surface area contributed by atoms with E-state index >= 15 is 0 Å². The van der Waals surface area contributed by atoms with Crippen LogP contribution in [0.4, 0.5) is 0 Å². The van der Waals surface area contributed by atoms with E-state index in [0.29, 0.717) is 36.6 Å². The van der Waals surface area contributed by atoms with Crippen LogP contribution in [0.5, 0.6) is 5.75 Å². The minimum absolute atomic E-state index is 0.0303. The van der Waals surface area contributed by atoms with Crippen molar-refractivity contribution < 1.29 is 33.8 Å². The van der Waals surface area contributed by atoms with Gasteiger partial charge in [-0.15, -0.1) is 6.58 Å². The molecule has 2 N–H and O–H groups in total. The number of ketones is 1. The smallest absolute Gasteiger partial charge is 0.482 e. The molecule has 0 saturated heterocycles. The van der Waals surface area contributed by atoms with Gasteiger partial charge in [0.1, 0.15) is 17.6 Å². The Labute approximate surface area is 239 Å². The molecule has 2 aliphatic carbocycles. The second-order valence-electron chi connectivity index (χ2n) is 13.0. The third-order valence-corrected chi connectivity index (χ3v) is 10.5. The van der Waals surface area contributed by atoms with Crippen molar-refractivity contribution in [2.75, 3.05) is 13.2 Å². The van der Waals surface area contributed by atoms with Crippen LogP contribution >= 0.6 is 0 Å². The highest BCUT2D eigenvalue weighted by molar-refractivity contribution is 6.67. The van der Waals surface area contributed by atoms with E-state index in [2.05, 4.69) is 27.4 Å². The largest absolute Gasteiger partial charge is 0.491 e. The van der Waals surface area contributed by atoms with E-state index in [1.54, 1.807) is 19.1 Å². The summed E-state index contributed by atoms with van der Waals surface area (Å²) in [6.45, 7) is 14.4. The lowest BCUT2D eigenvalue weighted by Gasteiger charge is -2.60. The molecule has 2 bridgehead atoms. The molecule has 0 spiro atoms. The summed E-state index contributed by atoms with van der Waals surface area (Å²) in [6, 6.07) is 7.15. The maximum Gasteiger partial charge on any atom is 0.491 e. The number of aliphatic hydroxyl groups excluding tert-OH is 1. The fourth-order valence-electron chi connectivity index (χ4n) is 7.34. The molecule has 7 nitrogen and oxygen atoms in total. The third-order valence-electron chi connectivity index (χ3n) is 10.5. The van der Waals surface area contributed by atoms with Gasteiger partial charge in [0.05, 0.1) is 12.7 Å². The summed E-state index contributed by atoms with van der Waals surface area (Å²) < 4.78 is 17.2. The molecule has 1 aromatic rings. The van der Waals surface area contributed by atoms with Gasteiger partial charge < -0.3 is 29.1 Å². The molecular weight excluding hydrogens is 507 g/mol. The van der Waals surface area contributed by atoms with Crippen LogP contribution in [-0.4, -0.2) is 54.4 Å². The molecule has 40 heavy (non-hydrogen) atoms. The highest BCUT2D eigenvalue weighted by Gasteiger charge is 2.58. The molecule has 1 aliphatic heterocycles. The molecule has 1 aromatic carbocycles. The number of fused-ring (bicyclic) bond motifs is 2. The van der Waals surface area contributed by atoms with Gasteiger partial charge in [-0.3, -0.25) is 0 Å². The van der Waals surface area contributed by atoms with E-state index < -0.39 is 30.7 Å². The van der Waals surface area contributed by atoms with Gasteiger partial charge in [0.25, 0.3) is 0 Å². The second-order valence-corrected chi connectivity index (χ2v) is 13.0. The summed E-state index contributed by atoms with van der Waals surface area (Å²) >= 11 is 0. The summed E-state index contributed by atoms with van der Waals surface area (Å²) in [5, 5.41) is 21.6. The average molecular weight is 553 g/mol. The zero-order valence-electron chi connectivity index (χ0n) is 24.7. The first-order valence-electron chi connectivity index (χ1n) is 14.6. The van der Waals surface area contributed by atoms with Crippen molar-refractivity contribution in [2.24, 2.45) is 28.1 Å². The van der Waals surface area contributed by atoms with E-state index in [1.165, 1.54) is 0 Å². The molecule has 0 aromatic heterocycles. The van der Waals surface area contributed by atoms with Gasteiger partial charge in [0.15, 0.2) is 6.61 Å². The SMILES string of the molecule is C=C[C@]1(C)C[C@@H](OC(=O)COc2ccc(C3=CCOB3O)cc2)[C@@]2(C)C[C@](CCC(C)=O)(CC[C@H]2C)[C@@H](C)[C@@H]1O. The van der Waals surface area contributed by atoms with E-state index in [9.17, 15) is 19.7 Å². The lowest BCUT2D eigenvalue weighted by atomic mass is 9.47. The number of aliphatic hydroxyl groups is 1. The normalized spacial score (nSPS) is 35.8. The van der Waals surface area contributed by atoms with Crippen molar-refractivity contribution in [1.29, 1.82) is 0 Å². The Kier molecular flexibility index (Phi) is 9.03. The molecule has 7 atom stereocenters. The zero-order valence-corrected chi connectivity index (χ0v) is 24.7. The van der Waals surface area contributed by atoms with Crippen LogP contribution in [0, 0.1) is 28.1 Å². The second kappa shape index (κ2) is 11.8. The Bertz CT molecular complexity index is 1130. The van der Waals surface area contributed by atoms with Crippen LogP contribution in [0.1, 0.15) is 78.7 Å². The molecule has 0 amide bonds. The van der Waals surface area contributed by atoms with E-state index in [0.717, 1.165) is 31.2 Å². The van der Waals surface area contributed by atoms with E-state index in [1.807, 2.05) is 31.2 Å². The summed E-state index contributed by atoms with van der Waals surface area (Å²) in [5.74, 6) is 0.483. The summed E-state index contributed by atoms with van der Waals surface area (Å²) in [4.78, 5) is 25.2. The fraction of sp³-hybridized carbons (Fsp3) is 0.625. The molecule has 0 radical (unpaired) electrons. The van der Waals surface area contributed by atoms with Gasteiger partial charge in [-0.2, -0.15) is 0 Å². The Morgan fingerprint density at radius 1 is 1.23 bits per heavy atom. The van der Waals surface area contributed by atoms with Gasteiger partial charge in [-0.1, -0.05) is 52.0 Å². The van der Waals surface area contributed by atoms with Crippen LogP contribution < -0.4 is 4.74 Å². The zero-order chi connectivity index (χ0) is 29.3. The molecule has 1 heterocycles. The van der Waals surface area contributed by atoms with Crippen LogP contribution in [0.3, 0.4) is 0 Å². The quantitative estimate of drug-likeness (QED) is 0.247. The van der Waals surface area contributed by atoms with Crippen molar-refractivity contribution in [1.82, 2.24) is 0 Å². The van der Waals surface area contributed by atoms with Crippen molar-refractivity contribution in [3.05, 3.63) is 48.6 Å². The van der Waals surface area contributed by atoms with Crippen LogP contribution in [0.25, 0.3) is 5.47 Å². The van der Waals surface area contributed by atoms with Gasteiger partial charge in [-0.05, 0) is 79.4 Å². The first-order valence-corrected chi connectivity index (χ1v) is 14.6. The van der Waals surface area contributed by atoms with Crippen molar-refractivity contribution in [2.45, 2.75) is 85.4 Å². The summed E-state index contributed by atoms with van der Waals surface area (Å²) in [7, 11) is -0.932. The van der Waals surface area contributed by atoms with Gasteiger partial charge >= 0.3 is 13.1 Å². The van der Waals surface area contributed by atoms with Gasteiger partial charge in [0, 0.05) is 17.3 Å². The molecule has 8 heteroatoms. The predicted molar refractivity (Wildman–Crippen MR) is 155 cm³/mol. The monoisotopic (exact) mass is 552 g/mol. The highest BCUT2D eigenvalue weighted by atomic mass is 16.6. The number of benzene rings is 1. The maximum atomic E-state index is 13.2. The van der Waals surface area contributed by atoms with Gasteiger partial charge in [-0.25, -0.2) is 4.79 Å². The fourth-order valence-corrected chi connectivity index (χ4v) is 7.34. The minimum Gasteiger partial charge on any atom is -0.482 e. The summed E-state index contributed by atoms with van der Waals surface area (Å²) in [6.07, 6.45) is 6.85. The lowest BCUT2D eigenvalue weighted by molar-refractivity contribution is -0.190. The Balaban J connectivity index is 1.52.